The molecule has 12 nitrogen and oxygen atoms in total. The van der Waals surface area contributed by atoms with E-state index in [0.717, 1.165) is 5.56 Å². The SMILES string of the molecule is NC(=O)CC(NC(=O)C(N)Cc1ccccc1)C(=O)NC(Cc1ccc(O)cc1)C(=O)NCC(=O)O. The topological polar surface area (TPSA) is 214 Å². The van der Waals surface area contributed by atoms with Crippen molar-refractivity contribution in [3.8, 4) is 5.75 Å². The van der Waals surface area contributed by atoms with Gasteiger partial charge >= 0.3 is 5.97 Å². The van der Waals surface area contributed by atoms with Crippen LogP contribution in [-0.2, 0) is 36.8 Å². The zero-order chi connectivity index (χ0) is 26.7. The first-order valence-electron chi connectivity index (χ1n) is 11.0. The highest BCUT2D eigenvalue weighted by molar-refractivity contribution is 5.96. The first-order chi connectivity index (χ1) is 17.0. The van der Waals surface area contributed by atoms with Gasteiger partial charge in [-0.05, 0) is 29.7 Å². The highest BCUT2D eigenvalue weighted by atomic mass is 16.4. The van der Waals surface area contributed by atoms with Gasteiger partial charge in [0.15, 0.2) is 0 Å². The number of benzene rings is 2. The molecule has 0 aliphatic carbocycles. The maximum atomic E-state index is 13.0. The van der Waals surface area contributed by atoms with Crippen molar-refractivity contribution >= 4 is 29.6 Å². The van der Waals surface area contributed by atoms with Crippen molar-refractivity contribution in [3.63, 3.8) is 0 Å². The van der Waals surface area contributed by atoms with Gasteiger partial charge in [0, 0.05) is 6.42 Å². The van der Waals surface area contributed by atoms with Gasteiger partial charge in [-0.3, -0.25) is 24.0 Å². The van der Waals surface area contributed by atoms with Crippen molar-refractivity contribution in [2.75, 3.05) is 6.54 Å². The monoisotopic (exact) mass is 499 g/mol. The van der Waals surface area contributed by atoms with Crippen LogP contribution in [0.3, 0.4) is 0 Å². The average molecular weight is 500 g/mol. The molecule has 12 heteroatoms. The molecule has 0 saturated carbocycles. The largest absolute Gasteiger partial charge is 0.508 e. The van der Waals surface area contributed by atoms with E-state index in [-0.39, 0.29) is 18.6 Å². The number of hydrogen-bond acceptors (Lipinski definition) is 7. The van der Waals surface area contributed by atoms with E-state index in [0.29, 0.717) is 5.56 Å². The van der Waals surface area contributed by atoms with Crippen LogP contribution < -0.4 is 27.4 Å². The second-order valence-corrected chi connectivity index (χ2v) is 8.07. The van der Waals surface area contributed by atoms with Crippen LogP contribution in [0.2, 0.25) is 0 Å². The molecule has 0 aromatic heterocycles. The number of phenolic OH excluding ortho intramolecular Hbond substituents is 1. The Bertz CT molecular complexity index is 1080. The van der Waals surface area contributed by atoms with Crippen molar-refractivity contribution in [1.82, 2.24) is 16.0 Å². The third-order valence-electron chi connectivity index (χ3n) is 5.10. The van der Waals surface area contributed by atoms with E-state index in [1.807, 2.05) is 6.07 Å². The number of aliphatic carboxylic acids is 1. The lowest BCUT2D eigenvalue weighted by molar-refractivity contribution is -0.138. The lowest BCUT2D eigenvalue weighted by atomic mass is 10.0. The maximum Gasteiger partial charge on any atom is 0.322 e. The molecule has 36 heavy (non-hydrogen) atoms. The molecule has 0 saturated heterocycles. The summed E-state index contributed by atoms with van der Waals surface area (Å²) >= 11 is 0. The van der Waals surface area contributed by atoms with Crippen LogP contribution in [-0.4, -0.2) is 64.5 Å². The molecule has 0 fully saturated rings. The molecule has 2 aromatic rings. The van der Waals surface area contributed by atoms with Gasteiger partial charge < -0.3 is 37.6 Å². The van der Waals surface area contributed by atoms with Crippen molar-refractivity contribution < 1.29 is 34.2 Å². The smallest absolute Gasteiger partial charge is 0.322 e. The lowest BCUT2D eigenvalue weighted by Gasteiger charge is -2.23. The molecular formula is C24H29N5O7. The second-order valence-electron chi connectivity index (χ2n) is 8.07. The molecule has 2 rings (SSSR count). The van der Waals surface area contributed by atoms with Gasteiger partial charge in [-0.15, -0.1) is 0 Å². The quantitative estimate of drug-likeness (QED) is 0.173. The second kappa shape index (κ2) is 13.4. The van der Waals surface area contributed by atoms with Crippen molar-refractivity contribution in [2.45, 2.75) is 37.4 Å². The van der Waals surface area contributed by atoms with E-state index >= 15 is 0 Å². The number of carbonyl (C=O) groups is 5. The normalized spacial score (nSPS) is 13.0. The summed E-state index contributed by atoms with van der Waals surface area (Å²) in [5.41, 5.74) is 12.5. The molecule has 3 unspecified atom stereocenters. The summed E-state index contributed by atoms with van der Waals surface area (Å²) in [7, 11) is 0. The van der Waals surface area contributed by atoms with Gasteiger partial charge in [-0.2, -0.15) is 0 Å². The predicted molar refractivity (Wildman–Crippen MR) is 128 cm³/mol. The number of carbonyl (C=O) groups excluding carboxylic acids is 4. The van der Waals surface area contributed by atoms with E-state index in [1.165, 1.54) is 24.3 Å². The maximum absolute atomic E-state index is 13.0. The molecule has 192 valence electrons. The standard InChI is InChI=1S/C24H29N5O7/c25-17(10-14-4-2-1-3-5-14)22(34)28-19(12-20(26)31)24(36)29-18(23(35)27-13-21(32)33)11-15-6-8-16(30)9-7-15/h1-9,17-19,30H,10-13,25H2,(H2,26,31)(H,27,35)(H,28,34)(H,29,36)(H,32,33). The number of carboxylic acids is 1. The van der Waals surface area contributed by atoms with Crippen LogP contribution in [0.5, 0.6) is 5.75 Å². The van der Waals surface area contributed by atoms with Crippen molar-refractivity contribution in [1.29, 1.82) is 0 Å². The molecule has 0 radical (unpaired) electrons. The Morgan fingerprint density at radius 3 is 1.94 bits per heavy atom. The van der Waals surface area contributed by atoms with Crippen LogP contribution in [0.15, 0.2) is 54.6 Å². The number of nitrogens with two attached hydrogens (primary N) is 2. The van der Waals surface area contributed by atoms with E-state index in [2.05, 4.69) is 16.0 Å². The van der Waals surface area contributed by atoms with E-state index < -0.39 is 60.7 Å². The molecule has 0 spiro atoms. The van der Waals surface area contributed by atoms with Gasteiger partial charge in [0.25, 0.3) is 0 Å². The molecule has 4 amide bonds. The predicted octanol–water partition coefficient (Wildman–Crippen LogP) is -1.45. The van der Waals surface area contributed by atoms with Gasteiger partial charge in [0.1, 0.15) is 24.4 Å². The number of primary amides is 1. The number of phenols is 1. The minimum atomic E-state index is -1.42. The fourth-order valence-electron chi connectivity index (χ4n) is 3.29. The molecule has 9 N–H and O–H groups in total. The van der Waals surface area contributed by atoms with E-state index in [9.17, 15) is 29.1 Å². The fraction of sp³-hybridized carbons (Fsp3) is 0.292. The summed E-state index contributed by atoms with van der Waals surface area (Å²) in [6.45, 7) is -0.684. The third-order valence-corrected chi connectivity index (χ3v) is 5.10. The zero-order valence-electron chi connectivity index (χ0n) is 19.3. The van der Waals surface area contributed by atoms with Crippen LogP contribution in [0.25, 0.3) is 0 Å². The molecule has 3 atom stereocenters. The number of hydrogen-bond donors (Lipinski definition) is 7. The molecular weight excluding hydrogens is 470 g/mol. The summed E-state index contributed by atoms with van der Waals surface area (Å²) in [6, 6.07) is 11.0. The average Bonchev–Trinajstić information content (AvgIpc) is 2.83. The van der Waals surface area contributed by atoms with Crippen LogP contribution >= 0.6 is 0 Å². The summed E-state index contributed by atoms with van der Waals surface area (Å²) < 4.78 is 0. The van der Waals surface area contributed by atoms with Crippen molar-refractivity contribution in [3.05, 3.63) is 65.7 Å². The summed E-state index contributed by atoms with van der Waals surface area (Å²) in [6.07, 6.45) is -0.445. The van der Waals surface area contributed by atoms with Gasteiger partial charge in [0.05, 0.1) is 12.5 Å². The number of amides is 4. The summed E-state index contributed by atoms with van der Waals surface area (Å²) in [5.74, 6) is -4.56. The minimum Gasteiger partial charge on any atom is -0.508 e. The first kappa shape index (κ1) is 27.8. The molecule has 0 aliphatic heterocycles. The van der Waals surface area contributed by atoms with Crippen LogP contribution in [0, 0.1) is 0 Å². The van der Waals surface area contributed by atoms with E-state index in [1.54, 1.807) is 24.3 Å². The highest BCUT2D eigenvalue weighted by Crippen LogP contribution is 2.12. The molecule has 2 aromatic carbocycles. The number of aromatic hydroxyl groups is 1. The van der Waals surface area contributed by atoms with Crippen LogP contribution in [0.4, 0.5) is 0 Å². The highest BCUT2D eigenvalue weighted by Gasteiger charge is 2.29. The van der Waals surface area contributed by atoms with Crippen LogP contribution in [0.1, 0.15) is 17.5 Å². The Balaban J connectivity index is 2.14. The first-order valence-corrected chi connectivity index (χ1v) is 11.0. The van der Waals surface area contributed by atoms with Gasteiger partial charge in [0.2, 0.25) is 23.6 Å². The Morgan fingerprint density at radius 1 is 0.778 bits per heavy atom. The zero-order valence-corrected chi connectivity index (χ0v) is 19.3. The minimum absolute atomic E-state index is 0.00857. The molecule has 0 heterocycles. The van der Waals surface area contributed by atoms with Gasteiger partial charge in [-0.1, -0.05) is 42.5 Å². The number of rotatable bonds is 13. The van der Waals surface area contributed by atoms with E-state index in [4.69, 9.17) is 16.6 Å². The Kier molecular flexibility index (Phi) is 10.4. The van der Waals surface area contributed by atoms with Gasteiger partial charge in [-0.25, -0.2) is 0 Å². The summed E-state index contributed by atoms with van der Waals surface area (Å²) in [5, 5.41) is 25.3. The van der Waals surface area contributed by atoms with Crippen molar-refractivity contribution in [2.24, 2.45) is 11.5 Å². The Labute approximate surface area is 207 Å². The number of nitrogens with one attached hydrogen (secondary N) is 3. The Morgan fingerprint density at radius 2 is 1.36 bits per heavy atom. The fourth-order valence-corrected chi connectivity index (χ4v) is 3.29. The Hall–Kier alpha value is -4.45. The summed E-state index contributed by atoms with van der Waals surface area (Å²) in [4.78, 5) is 60.6. The lowest BCUT2D eigenvalue weighted by Crippen LogP contribution is -2.57. The number of carboxylic acid groups (broad SMARTS) is 1. The third kappa shape index (κ3) is 9.43. The molecule has 0 bridgehead atoms. The molecule has 0 aliphatic rings.